The SMILES string of the molecule is O=C(NCCC(=O)N1CCCC1)c1ccc(OCc2cccnc2)cc1. The summed E-state index contributed by atoms with van der Waals surface area (Å²) in [5.74, 6) is 0.620. The first-order chi connectivity index (χ1) is 12.7. The van der Waals surface area contributed by atoms with Crippen LogP contribution >= 0.6 is 0 Å². The first-order valence-electron chi connectivity index (χ1n) is 8.90. The number of rotatable bonds is 7. The van der Waals surface area contributed by atoms with Crippen molar-refractivity contribution in [3.05, 3.63) is 59.9 Å². The van der Waals surface area contributed by atoms with Crippen LogP contribution in [0.5, 0.6) is 5.75 Å². The molecule has 0 unspecified atom stereocenters. The summed E-state index contributed by atoms with van der Waals surface area (Å²) < 4.78 is 5.67. The van der Waals surface area contributed by atoms with Gasteiger partial charge >= 0.3 is 0 Å². The van der Waals surface area contributed by atoms with Gasteiger partial charge in [0.2, 0.25) is 5.91 Å². The van der Waals surface area contributed by atoms with Gasteiger partial charge in [0, 0.05) is 49.6 Å². The molecule has 0 saturated carbocycles. The molecule has 2 amide bonds. The minimum absolute atomic E-state index is 0.113. The number of nitrogens with one attached hydrogen (secondary N) is 1. The molecule has 3 rings (SSSR count). The highest BCUT2D eigenvalue weighted by Gasteiger charge is 2.17. The first-order valence-corrected chi connectivity index (χ1v) is 8.90. The van der Waals surface area contributed by atoms with Gasteiger partial charge in [-0.05, 0) is 43.2 Å². The summed E-state index contributed by atoms with van der Waals surface area (Å²) >= 11 is 0. The standard InChI is InChI=1S/C20H23N3O3/c24-19(23-12-1-2-13-23)9-11-22-20(25)17-5-7-18(8-6-17)26-15-16-4-3-10-21-14-16/h3-8,10,14H,1-2,9,11-13,15H2,(H,22,25). The number of pyridine rings is 1. The molecule has 1 N–H and O–H groups in total. The van der Waals surface area contributed by atoms with Crippen molar-refractivity contribution in [3.63, 3.8) is 0 Å². The molecular weight excluding hydrogens is 330 g/mol. The molecule has 0 aliphatic carbocycles. The zero-order chi connectivity index (χ0) is 18.2. The maximum atomic E-state index is 12.2. The second-order valence-electron chi connectivity index (χ2n) is 6.27. The lowest BCUT2D eigenvalue weighted by atomic mass is 10.2. The molecular formula is C20H23N3O3. The van der Waals surface area contributed by atoms with Crippen LogP contribution in [0.3, 0.4) is 0 Å². The Morgan fingerprint density at radius 3 is 2.58 bits per heavy atom. The van der Waals surface area contributed by atoms with Crippen LogP contribution in [-0.4, -0.2) is 41.3 Å². The Morgan fingerprint density at radius 2 is 1.88 bits per heavy atom. The molecule has 2 heterocycles. The van der Waals surface area contributed by atoms with E-state index in [1.165, 1.54) is 0 Å². The number of aromatic nitrogens is 1. The van der Waals surface area contributed by atoms with E-state index in [0.29, 0.717) is 30.9 Å². The van der Waals surface area contributed by atoms with E-state index >= 15 is 0 Å². The molecule has 136 valence electrons. The Balaban J connectivity index is 1.42. The number of nitrogens with zero attached hydrogens (tertiary/aromatic N) is 2. The summed E-state index contributed by atoms with van der Waals surface area (Å²) in [6.45, 7) is 2.46. The van der Waals surface area contributed by atoms with Gasteiger partial charge in [-0.2, -0.15) is 0 Å². The normalized spacial score (nSPS) is 13.5. The van der Waals surface area contributed by atoms with E-state index < -0.39 is 0 Å². The number of ether oxygens (including phenoxy) is 1. The second kappa shape index (κ2) is 8.99. The van der Waals surface area contributed by atoms with E-state index in [1.54, 1.807) is 36.7 Å². The van der Waals surface area contributed by atoms with Crippen LogP contribution in [0, 0.1) is 0 Å². The molecule has 0 spiro atoms. The van der Waals surface area contributed by atoms with E-state index in [-0.39, 0.29) is 11.8 Å². The third kappa shape index (κ3) is 5.05. The Morgan fingerprint density at radius 1 is 1.12 bits per heavy atom. The summed E-state index contributed by atoms with van der Waals surface area (Å²) in [4.78, 5) is 30.0. The van der Waals surface area contributed by atoms with Crippen molar-refractivity contribution in [2.45, 2.75) is 25.9 Å². The van der Waals surface area contributed by atoms with E-state index in [1.807, 2.05) is 17.0 Å². The summed E-state index contributed by atoms with van der Waals surface area (Å²) in [6.07, 6.45) is 5.97. The molecule has 1 saturated heterocycles. The number of hydrogen-bond acceptors (Lipinski definition) is 4. The Hall–Kier alpha value is -2.89. The van der Waals surface area contributed by atoms with Crippen molar-refractivity contribution in [2.24, 2.45) is 0 Å². The quantitative estimate of drug-likeness (QED) is 0.830. The van der Waals surface area contributed by atoms with Crippen molar-refractivity contribution in [2.75, 3.05) is 19.6 Å². The summed E-state index contributed by atoms with van der Waals surface area (Å²) in [5, 5.41) is 2.80. The molecule has 1 aliphatic rings. The van der Waals surface area contributed by atoms with Gasteiger partial charge in [0.15, 0.2) is 0 Å². The van der Waals surface area contributed by atoms with Gasteiger partial charge in [-0.3, -0.25) is 14.6 Å². The third-order valence-corrected chi connectivity index (χ3v) is 4.33. The monoisotopic (exact) mass is 353 g/mol. The summed E-state index contributed by atoms with van der Waals surface area (Å²) in [7, 11) is 0. The van der Waals surface area contributed by atoms with Gasteiger partial charge in [0.25, 0.3) is 5.91 Å². The molecule has 0 atom stereocenters. The van der Waals surface area contributed by atoms with Gasteiger partial charge in [-0.15, -0.1) is 0 Å². The average Bonchev–Trinajstić information content (AvgIpc) is 3.22. The number of carbonyl (C=O) groups excluding carboxylic acids is 2. The Labute approximate surface area is 153 Å². The molecule has 26 heavy (non-hydrogen) atoms. The van der Waals surface area contributed by atoms with Crippen molar-refractivity contribution < 1.29 is 14.3 Å². The molecule has 6 nitrogen and oxygen atoms in total. The first kappa shape index (κ1) is 17.9. The molecule has 1 aromatic carbocycles. The lowest BCUT2D eigenvalue weighted by molar-refractivity contribution is -0.129. The van der Waals surface area contributed by atoms with E-state index in [9.17, 15) is 9.59 Å². The number of hydrogen-bond donors (Lipinski definition) is 1. The number of likely N-dealkylation sites (tertiary alicyclic amines) is 1. The topological polar surface area (TPSA) is 71.5 Å². The Kier molecular flexibility index (Phi) is 6.19. The summed E-state index contributed by atoms with van der Waals surface area (Å²) in [5.41, 5.74) is 1.53. The second-order valence-corrected chi connectivity index (χ2v) is 6.27. The molecule has 1 aliphatic heterocycles. The highest BCUT2D eigenvalue weighted by atomic mass is 16.5. The zero-order valence-corrected chi connectivity index (χ0v) is 14.7. The van der Waals surface area contributed by atoms with Gasteiger partial charge in [0.1, 0.15) is 12.4 Å². The molecule has 2 aromatic rings. The van der Waals surface area contributed by atoms with Crippen LogP contribution in [0.15, 0.2) is 48.8 Å². The fourth-order valence-corrected chi connectivity index (χ4v) is 2.86. The highest BCUT2D eigenvalue weighted by molar-refractivity contribution is 5.94. The van der Waals surface area contributed by atoms with Crippen LogP contribution in [0.1, 0.15) is 35.2 Å². The molecule has 1 fully saturated rings. The molecule has 0 bridgehead atoms. The van der Waals surface area contributed by atoms with Crippen LogP contribution < -0.4 is 10.1 Å². The van der Waals surface area contributed by atoms with Gasteiger partial charge in [-0.1, -0.05) is 6.07 Å². The number of benzene rings is 1. The maximum absolute atomic E-state index is 12.2. The van der Waals surface area contributed by atoms with Crippen LogP contribution in [-0.2, 0) is 11.4 Å². The van der Waals surface area contributed by atoms with E-state index in [2.05, 4.69) is 10.3 Å². The van der Waals surface area contributed by atoms with Crippen molar-refractivity contribution in [1.29, 1.82) is 0 Å². The van der Waals surface area contributed by atoms with Crippen molar-refractivity contribution in [1.82, 2.24) is 15.2 Å². The minimum Gasteiger partial charge on any atom is -0.489 e. The fraction of sp³-hybridized carbons (Fsp3) is 0.350. The van der Waals surface area contributed by atoms with Crippen molar-refractivity contribution in [3.8, 4) is 5.75 Å². The van der Waals surface area contributed by atoms with Crippen LogP contribution in [0.25, 0.3) is 0 Å². The van der Waals surface area contributed by atoms with Gasteiger partial charge in [0.05, 0.1) is 0 Å². The highest BCUT2D eigenvalue weighted by Crippen LogP contribution is 2.14. The molecule has 0 radical (unpaired) electrons. The maximum Gasteiger partial charge on any atom is 0.251 e. The lowest BCUT2D eigenvalue weighted by Crippen LogP contribution is -2.32. The third-order valence-electron chi connectivity index (χ3n) is 4.33. The average molecular weight is 353 g/mol. The Bertz CT molecular complexity index is 726. The predicted molar refractivity (Wildman–Crippen MR) is 97.8 cm³/mol. The number of amides is 2. The van der Waals surface area contributed by atoms with Gasteiger partial charge < -0.3 is 15.0 Å². The smallest absolute Gasteiger partial charge is 0.251 e. The van der Waals surface area contributed by atoms with Gasteiger partial charge in [-0.25, -0.2) is 0 Å². The van der Waals surface area contributed by atoms with Crippen LogP contribution in [0.4, 0.5) is 0 Å². The fourth-order valence-electron chi connectivity index (χ4n) is 2.86. The predicted octanol–water partition coefficient (Wildman–Crippen LogP) is 2.40. The van der Waals surface area contributed by atoms with Crippen LogP contribution in [0.2, 0.25) is 0 Å². The zero-order valence-electron chi connectivity index (χ0n) is 14.7. The summed E-state index contributed by atoms with van der Waals surface area (Å²) in [6, 6.07) is 10.8. The van der Waals surface area contributed by atoms with E-state index in [4.69, 9.17) is 4.74 Å². The largest absolute Gasteiger partial charge is 0.489 e. The number of carbonyl (C=O) groups is 2. The lowest BCUT2D eigenvalue weighted by Gasteiger charge is -2.15. The molecule has 6 heteroatoms. The minimum atomic E-state index is -0.182. The van der Waals surface area contributed by atoms with Crippen molar-refractivity contribution >= 4 is 11.8 Å². The van der Waals surface area contributed by atoms with E-state index in [0.717, 1.165) is 31.5 Å². The molecule has 1 aromatic heterocycles.